The van der Waals surface area contributed by atoms with Crippen LogP contribution in [0.5, 0.6) is 17.2 Å². The number of anilines is 2. The number of methoxy groups -OCH3 is 1. The first kappa shape index (κ1) is 31.1. The third-order valence-electron chi connectivity index (χ3n) is 9.27. The number of carbonyl (C=O) groups excluding carboxylic acids is 3. The SMILES string of the molecule is COc1ccc(CNc2cc(N(C)C)c3c(c2O)C(O)=C2C(=O)[C@]4(O)C(=O)C(C(N)=O)C(O)C(N(C)C)[C@@H]4C[C@@H]2C3)cc1O. The number of amides is 1. The van der Waals surface area contributed by atoms with Crippen molar-refractivity contribution >= 4 is 34.6 Å². The van der Waals surface area contributed by atoms with Crippen LogP contribution in [0.2, 0.25) is 0 Å². The van der Waals surface area contributed by atoms with Gasteiger partial charge in [-0.1, -0.05) is 6.07 Å². The number of nitrogens with two attached hydrogens (primary N) is 1. The maximum Gasteiger partial charge on any atom is 0.230 e. The van der Waals surface area contributed by atoms with E-state index in [-0.39, 0.29) is 47.7 Å². The Morgan fingerprint density at radius 1 is 1.14 bits per heavy atom. The van der Waals surface area contributed by atoms with E-state index in [0.29, 0.717) is 22.6 Å². The molecule has 6 atom stereocenters. The number of nitrogens with one attached hydrogen (secondary N) is 1. The topological polar surface area (TPSA) is 206 Å². The Labute approximate surface area is 254 Å². The Balaban J connectivity index is 1.61. The number of nitrogens with zero attached hydrogens (tertiary/aromatic N) is 2. The first-order chi connectivity index (χ1) is 20.6. The first-order valence-electron chi connectivity index (χ1n) is 14.2. The van der Waals surface area contributed by atoms with Crippen molar-refractivity contribution in [2.24, 2.45) is 23.5 Å². The molecular weight excluding hydrogens is 572 g/mol. The normalized spacial score (nSPS) is 27.9. The molecule has 8 N–H and O–H groups in total. The molecule has 5 rings (SSSR count). The van der Waals surface area contributed by atoms with Gasteiger partial charge in [0.2, 0.25) is 11.7 Å². The number of phenols is 2. The van der Waals surface area contributed by atoms with Crippen molar-refractivity contribution in [3.63, 3.8) is 0 Å². The monoisotopic (exact) mass is 610 g/mol. The Morgan fingerprint density at radius 3 is 2.39 bits per heavy atom. The van der Waals surface area contributed by atoms with Crippen LogP contribution >= 0.6 is 0 Å². The van der Waals surface area contributed by atoms with Crippen LogP contribution in [0.25, 0.3) is 5.76 Å². The molecule has 2 fully saturated rings. The second-order valence-electron chi connectivity index (χ2n) is 12.2. The number of benzene rings is 2. The molecule has 0 saturated heterocycles. The molecule has 2 saturated carbocycles. The van der Waals surface area contributed by atoms with Gasteiger partial charge in [-0.3, -0.25) is 14.4 Å². The van der Waals surface area contributed by atoms with Gasteiger partial charge in [-0.05, 0) is 62.2 Å². The van der Waals surface area contributed by atoms with E-state index in [1.165, 1.54) is 13.2 Å². The van der Waals surface area contributed by atoms with E-state index in [2.05, 4.69) is 5.32 Å². The molecule has 0 bridgehead atoms. The lowest BCUT2D eigenvalue weighted by atomic mass is 9.54. The number of rotatable bonds is 7. The summed E-state index contributed by atoms with van der Waals surface area (Å²) in [6, 6.07) is 5.59. The average molecular weight is 611 g/mol. The molecule has 3 unspecified atom stereocenters. The van der Waals surface area contributed by atoms with Gasteiger partial charge in [0, 0.05) is 43.9 Å². The molecule has 0 heterocycles. The third-order valence-corrected chi connectivity index (χ3v) is 9.27. The van der Waals surface area contributed by atoms with Crippen LogP contribution < -0.4 is 20.7 Å². The minimum atomic E-state index is -2.72. The van der Waals surface area contributed by atoms with Gasteiger partial charge >= 0.3 is 0 Å². The van der Waals surface area contributed by atoms with Crippen LogP contribution in [0, 0.1) is 17.8 Å². The summed E-state index contributed by atoms with van der Waals surface area (Å²) < 4.78 is 5.08. The number of aromatic hydroxyl groups is 2. The largest absolute Gasteiger partial charge is 0.507 e. The van der Waals surface area contributed by atoms with Gasteiger partial charge in [0.05, 0.1) is 24.5 Å². The summed E-state index contributed by atoms with van der Waals surface area (Å²) in [5, 5.41) is 59.2. The number of Topliss-reactive ketones (excluding diaryl/α,β-unsaturated/α-hetero) is 2. The highest BCUT2D eigenvalue weighted by atomic mass is 16.5. The highest BCUT2D eigenvalue weighted by Gasteiger charge is 2.67. The van der Waals surface area contributed by atoms with E-state index < -0.39 is 58.7 Å². The van der Waals surface area contributed by atoms with Crippen molar-refractivity contribution in [2.75, 3.05) is 45.5 Å². The molecule has 13 heteroatoms. The summed E-state index contributed by atoms with van der Waals surface area (Å²) in [7, 11) is 8.24. The molecule has 1 amide bonds. The van der Waals surface area contributed by atoms with Gasteiger partial charge < -0.3 is 51.1 Å². The molecule has 0 radical (unpaired) electrons. The van der Waals surface area contributed by atoms with Crippen LogP contribution in [0.3, 0.4) is 0 Å². The predicted octanol–water partition coefficient (Wildman–Crippen LogP) is 0.521. The highest BCUT2D eigenvalue weighted by Crippen LogP contribution is 2.54. The molecular formula is C31H38N4O9. The zero-order valence-electron chi connectivity index (χ0n) is 25.2. The zero-order valence-corrected chi connectivity index (χ0v) is 25.2. The molecule has 3 aliphatic carbocycles. The number of fused-ring (bicyclic) bond motifs is 3. The molecule has 3 aliphatic rings. The lowest BCUT2D eigenvalue weighted by Gasteiger charge is -2.53. The van der Waals surface area contributed by atoms with Crippen LogP contribution in [-0.4, -0.2) is 101 Å². The Hall–Kier alpha value is -4.33. The minimum Gasteiger partial charge on any atom is -0.507 e. The van der Waals surface area contributed by atoms with E-state index in [9.17, 15) is 39.9 Å². The first-order valence-corrected chi connectivity index (χ1v) is 14.2. The van der Waals surface area contributed by atoms with E-state index >= 15 is 0 Å². The summed E-state index contributed by atoms with van der Waals surface area (Å²) in [5.41, 5.74) is 4.59. The molecule has 0 spiro atoms. The van der Waals surface area contributed by atoms with Gasteiger partial charge in [-0.15, -0.1) is 0 Å². The number of ketones is 2. The minimum absolute atomic E-state index is 0.0168. The van der Waals surface area contributed by atoms with Gasteiger partial charge in [0.25, 0.3) is 0 Å². The fraction of sp³-hybridized carbons (Fsp3) is 0.452. The van der Waals surface area contributed by atoms with Crippen LogP contribution in [0.15, 0.2) is 29.8 Å². The van der Waals surface area contributed by atoms with E-state index in [1.807, 2.05) is 0 Å². The van der Waals surface area contributed by atoms with E-state index in [1.54, 1.807) is 56.2 Å². The molecule has 0 aliphatic heterocycles. The fourth-order valence-electron chi connectivity index (χ4n) is 7.23. The van der Waals surface area contributed by atoms with E-state index in [4.69, 9.17) is 10.5 Å². The van der Waals surface area contributed by atoms with Crippen molar-refractivity contribution in [1.82, 2.24) is 4.90 Å². The lowest BCUT2D eigenvalue weighted by molar-refractivity contribution is -0.184. The fourth-order valence-corrected chi connectivity index (χ4v) is 7.23. The molecule has 13 nitrogen and oxygen atoms in total. The Bertz CT molecular complexity index is 1590. The average Bonchev–Trinajstić information content (AvgIpc) is 2.94. The van der Waals surface area contributed by atoms with Gasteiger partial charge in [-0.2, -0.15) is 0 Å². The number of ether oxygens (including phenoxy) is 1. The molecule has 2 aromatic carbocycles. The van der Waals surface area contributed by atoms with Gasteiger partial charge in [0.1, 0.15) is 17.4 Å². The number of aliphatic hydroxyl groups excluding tert-OH is 2. The number of carbonyl (C=O) groups is 3. The summed E-state index contributed by atoms with van der Waals surface area (Å²) in [6.45, 7) is 0.175. The van der Waals surface area contributed by atoms with Crippen LogP contribution in [0.4, 0.5) is 11.4 Å². The second kappa shape index (κ2) is 11.0. The maximum atomic E-state index is 14.1. The quantitative estimate of drug-likeness (QED) is 0.169. The van der Waals surface area contributed by atoms with E-state index in [0.717, 1.165) is 0 Å². The lowest BCUT2D eigenvalue weighted by Crippen LogP contribution is -2.73. The standard InChI is InChI=1S/C31H38N4O9/c1-34(2)18-11-17(33-12-13-6-7-20(44-5)19(36)8-13)25(37)22-15(18)9-14-10-16-24(35(3)4)27(39)23(30(32)42)29(41)31(16,43)28(40)21(14)26(22)38/h6-8,11,14,16,23-24,27,33,36-39,43H,9-10,12H2,1-5H3,(H2,32,42)/t14-,16-,23?,24?,27?,31-/m0/s1. The van der Waals surface area contributed by atoms with Crippen molar-refractivity contribution in [3.05, 3.63) is 46.5 Å². The van der Waals surface area contributed by atoms with Gasteiger partial charge in [0.15, 0.2) is 22.9 Å². The number of aliphatic hydroxyl groups is 3. The van der Waals surface area contributed by atoms with Crippen molar-refractivity contribution in [3.8, 4) is 17.2 Å². The van der Waals surface area contributed by atoms with Crippen molar-refractivity contribution in [1.29, 1.82) is 0 Å². The maximum absolute atomic E-state index is 14.1. The molecule has 236 valence electrons. The Kier molecular flexibility index (Phi) is 7.77. The molecule has 0 aromatic heterocycles. The van der Waals surface area contributed by atoms with Crippen LogP contribution in [-0.2, 0) is 27.3 Å². The number of phenolic OH excluding ortho intramolecular Hbond substituents is 2. The number of primary amides is 1. The number of hydrogen-bond donors (Lipinski definition) is 7. The number of hydrogen-bond acceptors (Lipinski definition) is 12. The predicted molar refractivity (Wildman–Crippen MR) is 160 cm³/mol. The van der Waals surface area contributed by atoms with Crippen molar-refractivity contribution < 1.29 is 44.7 Å². The summed E-state index contributed by atoms with van der Waals surface area (Å²) in [6.07, 6.45) is -1.33. The number of likely N-dealkylation sites (N-methyl/N-ethyl adjacent to an activating group) is 1. The van der Waals surface area contributed by atoms with Gasteiger partial charge in [-0.25, -0.2) is 0 Å². The highest BCUT2D eigenvalue weighted by molar-refractivity contribution is 6.25. The second-order valence-corrected chi connectivity index (χ2v) is 12.2. The smallest absolute Gasteiger partial charge is 0.230 e. The third kappa shape index (κ3) is 4.54. The Morgan fingerprint density at radius 2 is 1.82 bits per heavy atom. The van der Waals surface area contributed by atoms with Crippen molar-refractivity contribution in [2.45, 2.75) is 37.1 Å². The van der Waals surface area contributed by atoms with Crippen LogP contribution in [0.1, 0.15) is 23.1 Å². The zero-order chi connectivity index (χ0) is 32.4. The summed E-state index contributed by atoms with van der Waals surface area (Å²) in [4.78, 5) is 43.3. The summed E-state index contributed by atoms with van der Waals surface area (Å²) in [5.74, 6) is -7.70. The molecule has 2 aromatic rings. The molecule has 44 heavy (non-hydrogen) atoms. The summed E-state index contributed by atoms with van der Waals surface area (Å²) >= 11 is 0.